The van der Waals surface area contributed by atoms with E-state index in [4.69, 9.17) is 22.6 Å². The van der Waals surface area contributed by atoms with Crippen molar-refractivity contribution in [1.29, 1.82) is 5.26 Å². The molecule has 4 N–H and O–H groups in total. The van der Waals surface area contributed by atoms with Gasteiger partial charge in [0.1, 0.15) is 0 Å². The molecule has 1 heterocycles. The number of aromatic nitrogens is 2. The van der Waals surface area contributed by atoms with E-state index >= 15 is 0 Å². The van der Waals surface area contributed by atoms with Crippen LogP contribution in [0.4, 0.5) is 11.6 Å². The molecule has 118 valence electrons. The average Bonchev–Trinajstić information content (AvgIpc) is 2.46. The number of aliphatic imine (C=N–C) groups is 1. The highest BCUT2D eigenvalue weighted by molar-refractivity contribution is 6.31. The molecule has 2 rings (SSSR count). The highest BCUT2D eigenvalue weighted by Crippen LogP contribution is 2.20. The summed E-state index contributed by atoms with van der Waals surface area (Å²) in [6, 6.07) is 7.26. The van der Waals surface area contributed by atoms with E-state index < -0.39 is 5.56 Å². The van der Waals surface area contributed by atoms with E-state index in [1.807, 2.05) is 19.1 Å². The maximum atomic E-state index is 11.9. The Balaban J connectivity index is 2.29. The SMILES string of the molecule is Cc1ccc(Cl)cc1NC(N)=Nc1nc(C)c(CC#N)c(=O)[nH]1. The number of aromatic amines is 1. The standard InChI is InChI=1S/C15H15ClN6O/c1-8-3-4-10(16)7-12(8)20-14(18)22-15-19-9(2)11(5-6-17)13(23)21-15/h3-4,7H,5H2,1-2H3,(H4,18,19,20,21,22,23). The Labute approximate surface area is 137 Å². The van der Waals surface area contributed by atoms with Crippen molar-refractivity contribution in [3.8, 4) is 6.07 Å². The van der Waals surface area contributed by atoms with Crippen LogP contribution in [-0.2, 0) is 6.42 Å². The lowest BCUT2D eigenvalue weighted by molar-refractivity contribution is 0.987. The fourth-order valence-corrected chi connectivity index (χ4v) is 2.12. The number of benzene rings is 1. The van der Waals surface area contributed by atoms with Crippen molar-refractivity contribution in [2.45, 2.75) is 20.3 Å². The Morgan fingerprint density at radius 2 is 2.26 bits per heavy atom. The third kappa shape index (κ3) is 4.08. The molecule has 23 heavy (non-hydrogen) atoms. The molecule has 8 heteroatoms. The van der Waals surface area contributed by atoms with Gasteiger partial charge in [-0.15, -0.1) is 0 Å². The molecule has 0 aliphatic heterocycles. The molecular weight excluding hydrogens is 316 g/mol. The van der Waals surface area contributed by atoms with Gasteiger partial charge in [-0.3, -0.25) is 9.78 Å². The molecule has 0 saturated carbocycles. The molecule has 0 fully saturated rings. The quantitative estimate of drug-likeness (QED) is 0.588. The number of nitrogens with two attached hydrogens (primary N) is 1. The zero-order valence-electron chi connectivity index (χ0n) is 12.6. The lowest BCUT2D eigenvalue weighted by Gasteiger charge is -2.09. The highest BCUT2D eigenvalue weighted by Gasteiger charge is 2.08. The van der Waals surface area contributed by atoms with Crippen LogP contribution in [0.5, 0.6) is 0 Å². The fraction of sp³-hybridized carbons (Fsp3) is 0.200. The van der Waals surface area contributed by atoms with Gasteiger partial charge >= 0.3 is 0 Å². The highest BCUT2D eigenvalue weighted by atomic mass is 35.5. The number of aryl methyl sites for hydroxylation is 2. The Kier molecular flexibility index (Phi) is 4.98. The van der Waals surface area contributed by atoms with E-state index in [1.165, 1.54) is 0 Å². The minimum atomic E-state index is -0.399. The molecule has 1 aromatic heterocycles. The predicted octanol–water partition coefficient (Wildman–Crippen LogP) is 2.16. The molecule has 0 unspecified atom stereocenters. The van der Waals surface area contributed by atoms with Gasteiger partial charge in [0.05, 0.1) is 23.7 Å². The smallest absolute Gasteiger partial charge is 0.256 e. The maximum Gasteiger partial charge on any atom is 0.256 e. The summed E-state index contributed by atoms with van der Waals surface area (Å²) in [5.74, 6) is 0.129. The summed E-state index contributed by atoms with van der Waals surface area (Å²) in [6.07, 6.45) is -0.00635. The summed E-state index contributed by atoms with van der Waals surface area (Å²) in [7, 11) is 0. The topological polar surface area (TPSA) is 120 Å². The lowest BCUT2D eigenvalue weighted by atomic mass is 10.2. The summed E-state index contributed by atoms with van der Waals surface area (Å²) in [6.45, 7) is 3.54. The molecule has 2 aromatic rings. The van der Waals surface area contributed by atoms with Crippen LogP contribution in [0.15, 0.2) is 28.0 Å². The van der Waals surface area contributed by atoms with Gasteiger partial charge in [0.15, 0.2) is 0 Å². The van der Waals surface area contributed by atoms with Crippen molar-refractivity contribution in [3.05, 3.63) is 50.4 Å². The normalized spacial score (nSPS) is 11.1. The minimum absolute atomic E-state index is 0.00635. The Morgan fingerprint density at radius 1 is 1.52 bits per heavy atom. The van der Waals surface area contributed by atoms with Gasteiger partial charge in [0.2, 0.25) is 11.9 Å². The van der Waals surface area contributed by atoms with Gasteiger partial charge in [0, 0.05) is 10.7 Å². The molecule has 0 spiro atoms. The molecular formula is C15H15ClN6O. The molecule has 0 amide bonds. The van der Waals surface area contributed by atoms with Crippen LogP contribution in [0.3, 0.4) is 0 Å². The van der Waals surface area contributed by atoms with Crippen molar-refractivity contribution in [1.82, 2.24) is 9.97 Å². The zero-order chi connectivity index (χ0) is 17.0. The summed E-state index contributed by atoms with van der Waals surface area (Å²) >= 11 is 5.94. The number of nitrogens with one attached hydrogen (secondary N) is 2. The number of guanidine groups is 1. The number of hydrogen-bond donors (Lipinski definition) is 3. The summed E-state index contributed by atoms with van der Waals surface area (Å²) in [5, 5.41) is 12.2. The second-order valence-electron chi connectivity index (χ2n) is 4.87. The molecule has 0 aliphatic carbocycles. The van der Waals surface area contributed by atoms with Crippen molar-refractivity contribution in [3.63, 3.8) is 0 Å². The van der Waals surface area contributed by atoms with Crippen LogP contribution < -0.4 is 16.6 Å². The molecule has 0 saturated heterocycles. The number of nitriles is 1. The summed E-state index contributed by atoms with van der Waals surface area (Å²) in [5.41, 5.74) is 7.85. The van der Waals surface area contributed by atoms with Gasteiger partial charge in [0.25, 0.3) is 5.56 Å². The van der Waals surface area contributed by atoms with Gasteiger partial charge < -0.3 is 11.1 Å². The molecule has 0 radical (unpaired) electrons. The van der Waals surface area contributed by atoms with Crippen LogP contribution in [-0.4, -0.2) is 15.9 Å². The number of rotatable bonds is 3. The summed E-state index contributed by atoms with van der Waals surface area (Å²) in [4.78, 5) is 22.6. The third-order valence-electron chi connectivity index (χ3n) is 3.15. The second kappa shape index (κ2) is 6.94. The Morgan fingerprint density at radius 3 is 2.91 bits per heavy atom. The van der Waals surface area contributed by atoms with E-state index in [0.29, 0.717) is 22.0 Å². The third-order valence-corrected chi connectivity index (χ3v) is 3.39. The van der Waals surface area contributed by atoms with Gasteiger partial charge in [-0.1, -0.05) is 17.7 Å². The van der Waals surface area contributed by atoms with Crippen molar-refractivity contribution >= 4 is 29.2 Å². The first-order valence-corrected chi connectivity index (χ1v) is 7.12. The van der Waals surface area contributed by atoms with E-state index in [1.54, 1.807) is 19.1 Å². The number of nitrogens with zero attached hydrogens (tertiary/aromatic N) is 3. The van der Waals surface area contributed by atoms with Crippen LogP contribution in [0, 0.1) is 25.2 Å². The van der Waals surface area contributed by atoms with Crippen molar-refractivity contribution in [2.24, 2.45) is 10.7 Å². The molecule has 0 aliphatic rings. The van der Waals surface area contributed by atoms with Crippen LogP contribution in [0.25, 0.3) is 0 Å². The first kappa shape index (κ1) is 16.5. The first-order valence-electron chi connectivity index (χ1n) is 6.74. The Bertz CT molecular complexity index is 865. The van der Waals surface area contributed by atoms with Gasteiger partial charge in [-0.25, -0.2) is 4.98 Å². The second-order valence-corrected chi connectivity index (χ2v) is 5.31. The van der Waals surface area contributed by atoms with E-state index in [9.17, 15) is 4.79 Å². The number of anilines is 1. The van der Waals surface area contributed by atoms with E-state index in [2.05, 4.69) is 20.3 Å². The van der Waals surface area contributed by atoms with Crippen LogP contribution in [0.2, 0.25) is 5.02 Å². The fourth-order valence-electron chi connectivity index (χ4n) is 1.94. The van der Waals surface area contributed by atoms with E-state index in [0.717, 1.165) is 5.56 Å². The number of hydrogen-bond acceptors (Lipinski definition) is 4. The number of H-pyrrole nitrogens is 1. The first-order chi connectivity index (χ1) is 10.9. The predicted molar refractivity (Wildman–Crippen MR) is 90.0 cm³/mol. The molecule has 7 nitrogen and oxygen atoms in total. The number of halogens is 1. The largest absolute Gasteiger partial charge is 0.369 e. The average molecular weight is 331 g/mol. The van der Waals surface area contributed by atoms with Crippen LogP contribution in [0.1, 0.15) is 16.8 Å². The van der Waals surface area contributed by atoms with Crippen molar-refractivity contribution < 1.29 is 0 Å². The van der Waals surface area contributed by atoms with Crippen LogP contribution >= 0.6 is 11.6 Å². The maximum absolute atomic E-state index is 11.9. The lowest BCUT2D eigenvalue weighted by Crippen LogP contribution is -2.23. The Hall–Kier alpha value is -2.85. The molecule has 1 aromatic carbocycles. The van der Waals surface area contributed by atoms with E-state index in [-0.39, 0.29) is 18.3 Å². The zero-order valence-corrected chi connectivity index (χ0v) is 13.4. The molecule has 0 atom stereocenters. The monoisotopic (exact) mass is 330 g/mol. The van der Waals surface area contributed by atoms with Gasteiger partial charge in [-0.05, 0) is 31.5 Å². The van der Waals surface area contributed by atoms with Gasteiger partial charge in [-0.2, -0.15) is 10.3 Å². The minimum Gasteiger partial charge on any atom is -0.369 e. The van der Waals surface area contributed by atoms with Crippen molar-refractivity contribution in [2.75, 3.05) is 5.32 Å². The summed E-state index contributed by atoms with van der Waals surface area (Å²) < 4.78 is 0. The molecule has 0 bridgehead atoms.